The van der Waals surface area contributed by atoms with Gasteiger partial charge in [0.15, 0.2) is 0 Å². The van der Waals surface area contributed by atoms with Gasteiger partial charge in [0.05, 0.1) is 0 Å². The maximum Gasteiger partial charge on any atom is 0.306 e. The molecule has 0 unspecified atom stereocenters. The average molecular weight is 839 g/mol. The molecule has 0 rings (SSSR count). The number of allylic oxidation sites excluding steroid dienone is 10. The summed E-state index contributed by atoms with van der Waals surface area (Å²) in [5, 5.41) is 0. The summed E-state index contributed by atoms with van der Waals surface area (Å²) in [6.07, 6.45) is 33.1. The van der Waals surface area contributed by atoms with Crippen LogP contribution in [0.5, 0.6) is 0 Å². The molecule has 0 aromatic heterocycles. The van der Waals surface area contributed by atoms with Crippen molar-refractivity contribution in [1.82, 2.24) is 9.80 Å². The molecule has 346 valence electrons. The first kappa shape index (κ1) is 57.2. The number of nitrogens with two attached hydrogens (primary N) is 2. The highest BCUT2D eigenvalue weighted by atomic mass is 16.5. The highest BCUT2D eigenvalue weighted by Gasteiger charge is 2.09. The van der Waals surface area contributed by atoms with E-state index in [1.54, 1.807) is 0 Å². The molecule has 0 aliphatic rings. The van der Waals surface area contributed by atoms with Gasteiger partial charge < -0.3 is 30.7 Å². The van der Waals surface area contributed by atoms with E-state index in [1.807, 2.05) is 0 Å². The minimum atomic E-state index is -0.0968. The largest absolute Gasteiger partial charge is 0.461 e. The van der Waals surface area contributed by atoms with Crippen molar-refractivity contribution < 1.29 is 19.1 Å². The monoisotopic (exact) mass is 839 g/mol. The van der Waals surface area contributed by atoms with Gasteiger partial charge in [-0.15, -0.1) is 0 Å². The van der Waals surface area contributed by atoms with Crippen LogP contribution in [0.1, 0.15) is 184 Å². The van der Waals surface area contributed by atoms with Crippen molar-refractivity contribution in [2.75, 3.05) is 65.6 Å². The SMILES string of the molecule is CC(C)=CCC/C(C)=C/CC/C(C)=C/COC(=O)CCCCCN(CCCN)CCCCN(CCCN)CCCCCC(=O)OC/C=C(\C)CC/C=C(\C)CCC=C(C)C. The van der Waals surface area contributed by atoms with Gasteiger partial charge in [0, 0.05) is 12.8 Å². The summed E-state index contributed by atoms with van der Waals surface area (Å²) in [5.41, 5.74) is 19.9. The summed E-state index contributed by atoms with van der Waals surface area (Å²) < 4.78 is 11.0. The Morgan fingerprint density at radius 2 is 0.683 bits per heavy atom. The summed E-state index contributed by atoms with van der Waals surface area (Å²) in [4.78, 5) is 29.8. The Morgan fingerprint density at radius 3 is 1.02 bits per heavy atom. The van der Waals surface area contributed by atoms with Crippen LogP contribution >= 0.6 is 0 Å². The number of nitrogens with zero attached hydrogens (tertiary/aromatic N) is 2. The molecule has 8 heteroatoms. The molecular formula is C52H94N4O4. The van der Waals surface area contributed by atoms with Crippen LogP contribution in [0.3, 0.4) is 0 Å². The summed E-state index contributed by atoms with van der Waals surface area (Å²) in [7, 11) is 0. The maximum atomic E-state index is 12.3. The third-order valence-electron chi connectivity index (χ3n) is 10.9. The summed E-state index contributed by atoms with van der Waals surface area (Å²) in [6, 6.07) is 0. The number of hydrogen-bond acceptors (Lipinski definition) is 8. The van der Waals surface area contributed by atoms with Gasteiger partial charge in [0.2, 0.25) is 0 Å². The van der Waals surface area contributed by atoms with Crippen LogP contribution in [0, 0.1) is 0 Å². The molecule has 0 saturated heterocycles. The van der Waals surface area contributed by atoms with Crippen LogP contribution in [0.25, 0.3) is 0 Å². The van der Waals surface area contributed by atoms with Crippen molar-refractivity contribution >= 4 is 11.9 Å². The lowest BCUT2D eigenvalue weighted by Crippen LogP contribution is -2.31. The molecule has 0 radical (unpaired) electrons. The Hall–Kier alpha value is -2.78. The Morgan fingerprint density at radius 1 is 0.383 bits per heavy atom. The molecule has 0 atom stereocenters. The van der Waals surface area contributed by atoms with Crippen molar-refractivity contribution in [1.29, 1.82) is 0 Å². The van der Waals surface area contributed by atoms with Crippen molar-refractivity contribution in [3.63, 3.8) is 0 Å². The Balaban J connectivity index is 4.30. The van der Waals surface area contributed by atoms with Gasteiger partial charge in [-0.05, 0) is 223 Å². The van der Waals surface area contributed by atoms with Gasteiger partial charge in [0.25, 0.3) is 0 Å². The van der Waals surface area contributed by atoms with Crippen LogP contribution in [-0.4, -0.2) is 87.3 Å². The lowest BCUT2D eigenvalue weighted by atomic mass is 10.1. The predicted octanol–water partition coefficient (Wildman–Crippen LogP) is 12.1. The molecule has 0 bridgehead atoms. The van der Waals surface area contributed by atoms with Gasteiger partial charge in [-0.3, -0.25) is 9.59 Å². The number of carbonyl (C=O) groups is 2. The second kappa shape index (κ2) is 40.3. The highest BCUT2D eigenvalue weighted by molar-refractivity contribution is 5.69. The van der Waals surface area contributed by atoms with Crippen LogP contribution in [0.15, 0.2) is 69.9 Å². The number of ether oxygens (including phenoxy) is 2. The van der Waals surface area contributed by atoms with Gasteiger partial charge >= 0.3 is 11.9 Å². The number of esters is 2. The maximum absolute atomic E-state index is 12.3. The molecule has 0 saturated carbocycles. The van der Waals surface area contributed by atoms with Crippen molar-refractivity contribution in [2.24, 2.45) is 11.5 Å². The average Bonchev–Trinajstić information content (AvgIpc) is 3.19. The molecule has 0 aromatic rings. The van der Waals surface area contributed by atoms with Gasteiger partial charge in [-0.2, -0.15) is 0 Å². The van der Waals surface area contributed by atoms with Gasteiger partial charge in [0.1, 0.15) is 13.2 Å². The Labute approximate surface area is 370 Å². The van der Waals surface area contributed by atoms with E-state index < -0.39 is 0 Å². The molecule has 0 spiro atoms. The van der Waals surface area contributed by atoms with E-state index in [0.717, 1.165) is 155 Å². The number of carbonyl (C=O) groups excluding carboxylic acids is 2. The fraction of sp³-hybridized carbons (Fsp3) is 0.731. The van der Waals surface area contributed by atoms with Gasteiger partial charge in [-0.25, -0.2) is 0 Å². The van der Waals surface area contributed by atoms with Crippen molar-refractivity contribution in [3.05, 3.63) is 69.9 Å². The molecule has 0 aliphatic carbocycles. The van der Waals surface area contributed by atoms with E-state index in [2.05, 4.69) is 102 Å². The molecular weight excluding hydrogens is 745 g/mol. The Kier molecular flexibility index (Phi) is 38.4. The van der Waals surface area contributed by atoms with E-state index in [9.17, 15) is 9.59 Å². The molecule has 0 heterocycles. The van der Waals surface area contributed by atoms with E-state index in [-0.39, 0.29) is 11.9 Å². The lowest BCUT2D eigenvalue weighted by molar-refractivity contribution is -0.143. The van der Waals surface area contributed by atoms with Crippen LogP contribution < -0.4 is 11.5 Å². The summed E-state index contributed by atoms with van der Waals surface area (Å²) >= 11 is 0. The second-order valence-corrected chi connectivity index (χ2v) is 17.6. The van der Waals surface area contributed by atoms with Gasteiger partial charge in [-0.1, -0.05) is 70.6 Å². The molecule has 0 fully saturated rings. The zero-order valence-electron chi connectivity index (χ0n) is 40.4. The van der Waals surface area contributed by atoms with E-state index in [1.165, 1.54) is 33.4 Å². The van der Waals surface area contributed by atoms with E-state index >= 15 is 0 Å². The first-order valence-electron chi connectivity index (χ1n) is 23.9. The molecule has 60 heavy (non-hydrogen) atoms. The highest BCUT2D eigenvalue weighted by Crippen LogP contribution is 2.14. The minimum absolute atomic E-state index is 0.0968. The zero-order valence-corrected chi connectivity index (χ0v) is 40.4. The second-order valence-electron chi connectivity index (χ2n) is 17.6. The molecule has 4 N–H and O–H groups in total. The predicted molar refractivity (Wildman–Crippen MR) is 259 cm³/mol. The van der Waals surface area contributed by atoms with Crippen LogP contribution in [0.2, 0.25) is 0 Å². The van der Waals surface area contributed by atoms with Crippen molar-refractivity contribution in [3.8, 4) is 0 Å². The topological polar surface area (TPSA) is 111 Å². The smallest absolute Gasteiger partial charge is 0.306 e. The first-order valence-corrected chi connectivity index (χ1v) is 23.9. The third kappa shape index (κ3) is 39.4. The van der Waals surface area contributed by atoms with Crippen LogP contribution in [0.4, 0.5) is 0 Å². The fourth-order valence-corrected chi connectivity index (χ4v) is 6.91. The summed E-state index contributed by atoms with van der Waals surface area (Å²) in [5.74, 6) is -0.194. The fourth-order valence-electron chi connectivity index (χ4n) is 6.91. The van der Waals surface area contributed by atoms with Crippen LogP contribution in [-0.2, 0) is 19.1 Å². The Bertz CT molecular complexity index is 1190. The van der Waals surface area contributed by atoms with E-state index in [0.29, 0.717) is 39.1 Å². The number of hydrogen-bond donors (Lipinski definition) is 2. The number of unbranched alkanes of at least 4 members (excludes halogenated alkanes) is 5. The molecule has 0 amide bonds. The van der Waals surface area contributed by atoms with Crippen molar-refractivity contribution in [2.45, 2.75) is 184 Å². The summed E-state index contributed by atoms with van der Waals surface area (Å²) in [6.45, 7) is 25.7. The number of rotatable bonds is 39. The van der Waals surface area contributed by atoms with E-state index in [4.69, 9.17) is 20.9 Å². The third-order valence-corrected chi connectivity index (χ3v) is 10.9. The molecule has 8 nitrogen and oxygen atoms in total. The first-order chi connectivity index (χ1) is 28.9. The quantitative estimate of drug-likeness (QED) is 0.0358. The molecule has 0 aliphatic heterocycles. The normalized spacial score (nSPS) is 12.7. The molecule has 0 aromatic carbocycles. The lowest BCUT2D eigenvalue weighted by Gasteiger charge is -2.24. The zero-order chi connectivity index (χ0) is 44.6. The minimum Gasteiger partial charge on any atom is -0.461 e. The standard InChI is InChI=1S/C52H94N4O4/c1-45(2)23-17-25-47(5)27-19-29-49(7)33-43-59-51(57)31-11-9-13-37-55(41-21-35-53)39-15-16-40-56(42-22-36-54)38-14-10-12-32-52(58)60-44-34-50(8)30-20-28-48(6)26-18-24-46(3)4/h23-24,27-28,33-34H,9-22,25-26,29-32,35-44,53-54H2,1-8H3/b47-27+,48-28+,49-33+,50-34+.